The Kier molecular flexibility index (Phi) is 4.98. The molecule has 5 rings (SSSR count). The monoisotopic (exact) mass is 428 g/mol. The van der Waals surface area contributed by atoms with Crippen molar-refractivity contribution in [2.45, 2.75) is 13.1 Å². The fourth-order valence-electron chi connectivity index (χ4n) is 3.66. The minimum absolute atomic E-state index is 0.0955. The van der Waals surface area contributed by atoms with Gasteiger partial charge in [-0.15, -0.1) is 0 Å². The van der Waals surface area contributed by atoms with Gasteiger partial charge in [0, 0.05) is 24.2 Å². The first-order valence-corrected chi connectivity index (χ1v) is 9.99. The zero-order chi connectivity index (χ0) is 22.1. The Labute approximate surface area is 184 Å². The maximum atomic E-state index is 13.0. The van der Waals surface area contributed by atoms with Crippen LogP contribution in [0.1, 0.15) is 21.7 Å². The van der Waals surface area contributed by atoms with Gasteiger partial charge >= 0.3 is 0 Å². The van der Waals surface area contributed by atoms with Crippen molar-refractivity contribution < 1.29 is 14.3 Å². The summed E-state index contributed by atoms with van der Waals surface area (Å²) in [4.78, 5) is 28.0. The Balaban J connectivity index is 1.39. The summed E-state index contributed by atoms with van der Waals surface area (Å²) in [6.45, 7) is 0.905. The third-order valence-electron chi connectivity index (χ3n) is 5.27. The van der Waals surface area contributed by atoms with Crippen molar-refractivity contribution in [1.29, 1.82) is 0 Å². The third kappa shape index (κ3) is 3.53. The van der Waals surface area contributed by atoms with E-state index in [1.807, 2.05) is 36.5 Å². The predicted octanol–water partition coefficient (Wildman–Crippen LogP) is 2.96. The largest absolute Gasteiger partial charge is 0.491 e. The number of pyridine rings is 3. The van der Waals surface area contributed by atoms with E-state index in [4.69, 9.17) is 14.5 Å². The van der Waals surface area contributed by atoms with E-state index in [0.717, 1.165) is 16.9 Å². The second kappa shape index (κ2) is 8.10. The van der Waals surface area contributed by atoms with Gasteiger partial charge in [0.25, 0.3) is 11.8 Å². The van der Waals surface area contributed by atoms with Crippen LogP contribution in [0.3, 0.4) is 0 Å². The topological polar surface area (TPSA) is 95.3 Å². The molecule has 160 valence electrons. The second-order valence-corrected chi connectivity index (χ2v) is 7.23. The maximum Gasteiger partial charge on any atom is 0.260 e. The zero-order valence-electron chi connectivity index (χ0n) is 17.6. The van der Waals surface area contributed by atoms with Crippen molar-refractivity contribution in [3.8, 4) is 22.9 Å². The highest BCUT2D eigenvalue weighted by atomic mass is 16.5. The minimum atomic E-state index is -0.0955. The van der Waals surface area contributed by atoms with E-state index in [1.54, 1.807) is 41.3 Å². The molecule has 1 aliphatic rings. The average Bonchev–Trinajstić information content (AvgIpc) is 3.43. The summed E-state index contributed by atoms with van der Waals surface area (Å²) in [6.07, 6.45) is 6.95. The van der Waals surface area contributed by atoms with Gasteiger partial charge in [0.15, 0.2) is 5.75 Å². The Morgan fingerprint density at radius 2 is 1.97 bits per heavy atom. The summed E-state index contributed by atoms with van der Waals surface area (Å²) >= 11 is 0. The molecule has 0 fully saturated rings. The van der Waals surface area contributed by atoms with Gasteiger partial charge in [-0.1, -0.05) is 6.07 Å². The number of ether oxygens (including phenoxy) is 2. The molecule has 0 aromatic carbocycles. The van der Waals surface area contributed by atoms with Gasteiger partial charge in [0.1, 0.15) is 0 Å². The molecule has 1 amide bonds. The maximum absolute atomic E-state index is 13.0. The van der Waals surface area contributed by atoms with Crippen LogP contribution in [0, 0.1) is 0 Å². The highest BCUT2D eigenvalue weighted by Crippen LogP contribution is 2.32. The number of anilines is 1. The fourth-order valence-corrected chi connectivity index (χ4v) is 3.66. The van der Waals surface area contributed by atoms with E-state index < -0.39 is 0 Å². The lowest BCUT2D eigenvalue weighted by Crippen LogP contribution is -2.22. The molecule has 0 bridgehead atoms. The van der Waals surface area contributed by atoms with Crippen LogP contribution in [0.4, 0.5) is 5.69 Å². The van der Waals surface area contributed by atoms with E-state index in [1.165, 1.54) is 7.11 Å². The zero-order valence-corrected chi connectivity index (χ0v) is 17.6. The van der Waals surface area contributed by atoms with Gasteiger partial charge in [0.2, 0.25) is 0 Å². The molecular weight excluding hydrogens is 408 g/mol. The molecule has 0 aliphatic carbocycles. The van der Waals surface area contributed by atoms with Crippen LogP contribution in [-0.2, 0) is 13.1 Å². The SMILES string of the molecule is COc1cc(-c2ccc3c(n2)CN(c2cnn(Cc4ccccn4)c2)C3=O)cnc1OC. The van der Waals surface area contributed by atoms with Gasteiger partial charge in [-0.25, -0.2) is 4.98 Å². The summed E-state index contributed by atoms with van der Waals surface area (Å²) < 4.78 is 12.3. The van der Waals surface area contributed by atoms with Crippen LogP contribution >= 0.6 is 0 Å². The minimum Gasteiger partial charge on any atom is -0.491 e. The number of rotatable bonds is 6. The first-order chi connectivity index (χ1) is 15.7. The first kappa shape index (κ1) is 19.7. The molecule has 32 heavy (non-hydrogen) atoms. The third-order valence-corrected chi connectivity index (χ3v) is 5.27. The smallest absolute Gasteiger partial charge is 0.260 e. The Hall–Kier alpha value is -4.27. The molecule has 0 unspecified atom stereocenters. The van der Waals surface area contributed by atoms with Crippen molar-refractivity contribution in [3.05, 3.63) is 78.1 Å². The summed E-state index contributed by atoms with van der Waals surface area (Å²) in [5.74, 6) is 0.827. The van der Waals surface area contributed by atoms with Crippen LogP contribution in [0.2, 0.25) is 0 Å². The number of nitrogens with zero attached hydrogens (tertiary/aromatic N) is 6. The van der Waals surface area contributed by atoms with Crippen LogP contribution < -0.4 is 14.4 Å². The summed E-state index contributed by atoms with van der Waals surface area (Å²) in [5.41, 5.74) is 4.39. The lowest BCUT2D eigenvalue weighted by atomic mass is 10.1. The van der Waals surface area contributed by atoms with E-state index in [9.17, 15) is 4.79 Å². The molecule has 5 heterocycles. The van der Waals surface area contributed by atoms with Crippen molar-refractivity contribution >= 4 is 11.6 Å². The highest BCUT2D eigenvalue weighted by molar-refractivity contribution is 6.09. The Morgan fingerprint density at radius 3 is 2.75 bits per heavy atom. The van der Waals surface area contributed by atoms with Crippen LogP contribution in [-0.4, -0.2) is 44.9 Å². The molecule has 4 aromatic rings. The number of hydrogen-bond donors (Lipinski definition) is 0. The normalized spacial score (nSPS) is 12.7. The van der Waals surface area contributed by atoms with Crippen LogP contribution in [0.25, 0.3) is 11.3 Å². The summed E-state index contributed by atoms with van der Waals surface area (Å²) in [7, 11) is 3.10. The van der Waals surface area contributed by atoms with Crippen molar-refractivity contribution in [1.82, 2.24) is 24.7 Å². The molecule has 9 heteroatoms. The molecular formula is C23H20N6O3. The molecule has 1 aliphatic heterocycles. The number of methoxy groups -OCH3 is 2. The van der Waals surface area contributed by atoms with Gasteiger partial charge in [0.05, 0.1) is 61.8 Å². The molecule has 0 radical (unpaired) electrons. The van der Waals surface area contributed by atoms with Gasteiger partial charge in [-0.2, -0.15) is 5.10 Å². The van der Waals surface area contributed by atoms with Gasteiger partial charge in [-0.05, 0) is 30.3 Å². The quantitative estimate of drug-likeness (QED) is 0.466. The fraction of sp³-hybridized carbons (Fsp3) is 0.174. The van der Waals surface area contributed by atoms with Gasteiger partial charge < -0.3 is 9.47 Å². The van der Waals surface area contributed by atoms with E-state index in [2.05, 4.69) is 15.1 Å². The number of carbonyl (C=O) groups is 1. The van der Waals surface area contributed by atoms with E-state index in [0.29, 0.717) is 41.7 Å². The highest BCUT2D eigenvalue weighted by Gasteiger charge is 2.31. The number of hydrogen-bond acceptors (Lipinski definition) is 7. The lowest BCUT2D eigenvalue weighted by Gasteiger charge is -2.11. The molecule has 0 N–H and O–H groups in total. The predicted molar refractivity (Wildman–Crippen MR) is 117 cm³/mol. The molecule has 0 spiro atoms. The number of fused-ring (bicyclic) bond motifs is 1. The molecule has 9 nitrogen and oxygen atoms in total. The van der Waals surface area contributed by atoms with Crippen molar-refractivity contribution in [2.24, 2.45) is 0 Å². The van der Waals surface area contributed by atoms with Crippen molar-refractivity contribution in [3.63, 3.8) is 0 Å². The molecule has 4 aromatic heterocycles. The Morgan fingerprint density at radius 1 is 1.06 bits per heavy atom. The van der Waals surface area contributed by atoms with Crippen LogP contribution in [0.15, 0.2) is 61.2 Å². The van der Waals surface area contributed by atoms with Crippen molar-refractivity contribution in [2.75, 3.05) is 19.1 Å². The number of carbonyl (C=O) groups excluding carboxylic acids is 1. The summed E-state index contributed by atoms with van der Waals surface area (Å²) in [5, 5.41) is 4.38. The van der Waals surface area contributed by atoms with Gasteiger partial charge in [-0.3, -0.25) is 24.3 Å². The molecule has 0 atom stereocenters. The standard InChI is InChI=1S/C23H20N6O3/c1-31-21-9-15(10-25-22(21)32-2)19-7-6-18-20(27-19)14-29(23(18)30)17-11-26-28(13-17)12-16-5-3-4-8-24-16/h3-11,13H,12,14H2,1-2H3. The Bertz CT molecular complexity index is 1290. The lowest BCUT2D eigenvalue weighted by molar-refractivity contribution is 0.0996. The van der Waals surface area contributed by atoms with E-state index >= 15 is 0 Å². The molecule has 0 saturated heterocycles. The average molecular weight is 428 g/mol. The number of amides is 1. The summed E-state index contributed by atoms with van der Waals surface area (Å²) in [6, 6.07) is 11.2. The van der Waals surface area contributed by atoms with Crippen LogP contribution in [0.5, 0.6) is 11.6 Å². The molecule has 0 saturated carbocycles. The first-order valence-electron chi connectivity index (χ1n) is 9.99. The second-order valence-electron chi connectivity index (χ2n) is 7.23. The number of aromatic nitrogens is 5. The van der Waals surface area contributed by atoms with E-state index in [-0.39, 0.29) is 5.91 Å².